The highest BCUT2D eigenvalue weighted by Crippen LogP contribution is 2.46. The Kier molecular flexibility index (Phi) is 11.7. The summed E-state index contributed by atoms with van der Waals surface area (Å²) in [5, 5.41) is 4.37. The van der Waals surface area contributed by atoms with Gasteiger partial charge < -0.3 is 23.2 Å². The molecule has 0 aliphatic carbocycles. The van der Waals surface area contributed by atoms with Crippen LogP contribution in [0.15, 0.2) is 35.5 Å². The van der Waals surface area contributed by atoms with Crippen LogP contribution in [0.25, 0.3) is 0 Å². The molecule has 0 N–H and O–H groups in total. The SMILES string of the molecule is CC1CC2OC2/C=C/C=C/C(=N\OCCN2C(=O)CCC2=O)Cc2c(Cl)c(O[Si](C)(C)C(C)(C)C)cc(O[Si](C)(C)C(C)(C)C)c2C(=O)O1. The van der Waals surface area contributed by atoms with Crippen LogP contribution < -0.4 is 8.85 Å². The molecule has 3 heterocycles. The monoisotopic (exact) mass is 732 g/mol. The number of rotatable bonds is 8. The van der Waals surface area contributed by atoms with Gasteiger partial charge in [-0.25, -0.2) is 4.79 Å². The van der Waals surface area contributed by atoms with Crippen molar-refractivity contribution in [3.63, 3.8) is 0 Å². The first-order chi connectivity index (χ1) is 22.6. The fourth-order valence-corrected chi connectivity index (χ4v) is 7.32. The van der Waals surface area contributed by atoms with Crippen LogP contribution >= 0.6 is 11.6 Å². The molecule has 1 aromatic rings. The molecule has 10 nitrogen and oxygen atoms in total. The second-order valence-corrected chi connectivity index (χ2v) is 26.0. The van der Waals surface area contributed by atoms with Gasteiger partial charge in [-0.05, 0) is 54.8 Å². The topological polar surface area (TPSA) is 116 Å². The number of oxime groups is 1. The molecular formula is C36H53ClN2O8Si2. The predicted molar refractivity (Wildman–Crippen MR) is 197 cm³/mol. The number of nitrogens with zero attached hydrogens (tertiary/aromatic N) is 2. The van der Waals surface area contributed by atoms with Crippen LogP contribution in [0.2, 0.25) is 41.3 Å². The number of hydrogen-bond acceptors (Lipinski definition) is 9. The van der Waals surface area contributed by atoms with Crippen molar-refractivity contribution < 1.29 is 37.5 Å². The maximum atomic E-state index is 14.3. The van der Waals surface area contributed by atoms with Gasteiger partial charge in [-0.1, -0.05) is 76.5 Å². The lowest BCUT2D eigenvalue weighted by Gasteiger charge is -2.39. The average molecular weight is 733 g/mol. The highest BCUT2D eigenvalue weighted by atomic mass is 35.5. The standard InChI is InChI=1S/C36H53ClN2O8Si2/c1-23-20-27-26(45-27)15-13-12-14-24(38-43-19-18-39-30(40)16-17-31(39)41)21-25-32(34(42)44-23)28(46-48(8,9)35(2,3)4)22-29(33(25)37)47-49(10,11)36(5,6)7/h12-15,22-23,26-27H,16-21H2,1-11H3/b14-12+,15-13+,38-24+. The fourth-order valence-electron chi connectivity index (χ4n) is 4.97. The summed E-state index contributed by atoms with van der Waals surface area (Å²) >= 11 is 7.25. The number of allylic oxidation sites excluding steroid dienone is 3. The van der Waals surface area contributed by atoms with Gasteiger partial charge in [-0.2, -0.15) is 0 Å². The van der Waals surface area contributed by atoms with Crippen LogP contribution in [0.4, 0.5) is 0 Å². The van der Waals surface area contributed by atoms with E-state index in [0.717, 1.165) is 0 Å². The van der Waals surface area contributed by atoms with E-state index < -0.39 is 28.7 Å². The number of halogens is 1. The molecule has 0 bridgehead atoms. The van der Waals surface area contributed by atoms with Crippen LogP contribution in [0, 0.1) is 0 Å². The second-order valence-electron chi connectivity index (χ2n) is 16.1. The molecule has 0 radical (unpaired) electrons. The predicted octanol–water partition coefficient (Wildman–Crippen LogP) is 8.00. The Balaban J connectivity index is 1.86. The van der Waals surface area contributed by atoms with Gasteiger partial charge in [-0.3, -0.25) is 14.5 Å². The zero-order chi connectivity index (χ0) is 36.5. The van der Waals surface area contributed by atoms with Gasteiger partial charge in [0, 0.05) is 31.7 Å². The van der Waals surface area contributed by atoms with Crippen molar-refractivity contribution in [1.29, 1.82) is 0 Å². The van der Waals surface area contributed by atoms with E-state index in [1.807, 2.05) is 25.2 Å². The van der Waals surface area contributed by atoms with Crippen molar-refractivity contribution in [3.05, 3.63) is 46.5 Å². The van der Waals surface area contributed by atoms with E-state index >= 15 is 0 Å². The molecule has 0 spiro atoms. The van der Waals surface area contributed by atoms with Crippen molar-refractivity contribution in [1.82, 2.24) is 4.90 Å². The van der Waals surface area contributed by atoms with Gasteiger partial charge in [0.1, 0.15) is 35.9 Å². The maximum absolute atomic E-state index is 14.3. The van der Waals surface area contributed by atoms with E-state index in [-0.39, 0.29) is 77.1 Å². The van der Waals surface area contributed by atoms with Crippen LogP contribution in [0.3, 0.4) is 0 Å². The van der Waals surface area contributed by atoms with Gasteiger partial charge in [0.25, 0.3) is 16.6 Å². The van der Waals surface area contributed by atoms with Crippen molar-refractivity contribution in [2.45, 2.75) is 129 Å². The summed E-state index contributed by atoms with van der Waals surface area (Å²) in [7, 11) is -4.90. The number of cyclic esters (lactones) is 1. The van der Waals surface area contributed by atoms with Gasteiger partial charge in [0.2, 0.25) is 11.8 Å². The summed E-state index contributed by atoms with van der Waals surface area (Å²) in [6.45, 7) is 23.3. The third kappa shape index (κ3) is 9.45. The lowest BCUT2D eigenvalue weighted by molar-refractivity contribution is -0.139. The first-order valence-electron chi connectivity index (χ1n) is 17.1. The minimum atomic E-state index is -2.50. The smallest absolute Gasteiger partial charge is 0.342 e. The number of carbonyl (C=O) groups is 3. The number of esters is 1. The molecule has 2 fully saturated rings. The molecule has 2 saturated heterocycles. The maximum Gasteiger partial charge on any atom is 0.342 e. The fraction of sp³-hybridized carbons (Fsp3) is 0.611. The molecule has 13 heteroatoms. The number of epoxide rings is 1. The third-order valence-electron chi connectivity index (χ3n) is 10.1. The number of likely N-dealkylation sites (tertiary alicyclic amines) is 1. The highest BCUT2D eigenvalue weighted by Gasteiger charge is 2.43. The number of benzene rings is 1. The van der Waals surface area contributed by atoms with Gasteiger partial charge in [0.05, 0.1) is 23.4 Å². The minimum absolute atomic E-state index is 0.0106. The Morgan fingerprint density at radius 3 is 2.12 bits per heavy atom. The summed E-state index contributed by atoms with van der Waals surface area (Å²) in [5.74, 6) is -0.201. The first-order valence-corrected chi connectivity index (χ1v) is 23.3. The third-order valence-corrected chi connectivity index (χ3v) is 19.2. The van der Waals surface area contributed by atoms with E-state index in [1.165, 1.54) is 4.90 Å². The van der Waals surface area contributed by atoms with E-state index in [4.69, 9.17) is 34.8 Å². The molecule has 0 aromatic heterocycles. The molecule has 3 aliphatic rings. The Morgan fingerprint density at radius 2 is 1.53 bits per heavy atom. The lowest BCUT2D eigenvalue weighted by Crippen LogP contribution is -2.45. The summed E-state index contributed by atoms with van der Waals surface area (Å²) in [6, 6.07) is 1.76. The molecule has 3 unspecified atom stereocenters. The quantitative estimate of drug-likeness (QED) is 0.0660. The zero-order valence-corrected chi connectivity index (χ0v) is 33.7. The van der Waals surface area contributed by atoms with Crippen molar-refractivity contribution in [2.24, 2.45) is 5.16 Å². The Labute approximate surface area is 298 Å². The van der Waals surface area contributed by atoms with Crippen molar-refractivity contribution >= 4 is 51.7 Å². The number of fused-ring (bicyclic) bond motifs is 2. The first kappa shape index (κ1) is 38.9. The van der Waals surface area contributed by atoms with Crippen LogP contribution in [0.5, 0.6) is 11.5 Å². The van der Waals surface area contributed by atoms with Gasteiger partial charge in [-0.15, -0.1) is 0 Å². The van der Waals surface area contributed by atoms with E-state index in [2.05, 4.69) is 72.9 Å². The number of carbonyl (C=O) groups excluding carboxylic acids is 3. The van der Waals surface area contributed by atoms with E-state index in [9.17, 15) is 14.4 Å². The summed E-state index contributed by atoms with van der Waals surface area (Å²) in [4.78, 5) is 45.3. The summed E-state index contributed by atoms with van der Waals surface area (Å²) in [5.41, 5.74) is 1.11. The molecule has 270 valence electrons. The van der Waals surface area contributed by atoms with Gasteiger partial charge in [0.15, 0.2) is 0 Å². The Hall–Kier alpha value is -2.94. The molecule has 2 amide bonds. The Bertz CT molecular complexity index is 1520. The summed E-state index contributed by atoms with van der Waals surface area (Å²) in [6.07, 6.45) is 7.90. The minimum Gasteiger partial charge on any atom is -0.543 e. The average Bonchev–Trinajstić information content (AvgIpc) is 3.62. The number of imide groups is 1. The molecule has 0 saturated carbocycles. The van der Waals surface area contributed by atoms with Crippen LogP contribution in [0.1, 0.15) is 83.7 Å². The number of ether oxygens (including phenoxy) is 2. The number of hydrogen-bond donors (Lipinski definition) is 0. The van der Waals surface area contributed by atoms with E-state index in [1.54, 1.807) is 12.1 Å². The highest BCUT2D eigenvalue weighted by molar-refractivity contribution is 6.75. The van der Waals surface area contributed by atoms with Crippen LogP contribution in [-0.2, 0) is 30.3 Å². The molecule has 49 heavy (non-hydrogen) atoms. The largest absolute Gasteiger partial charge is 0.543 e. The molecule has 1 aromatic carbocycles. The summed E-state index contributed by atoms with van der Waals surface area (Å²) < 4.78 is 25.6. The van der Waals surface area contributed by atoms with Crippen molar-refractivity contribution in [3.8, 4) is 11.5 Å². The van der Waals surface area contributed by atoms with Crippen molar-refractivity contribution in [2.75, 3.05) is 13.2 Å². The zero-order valence-electron chi connectivity index (χ0n) is 30.9. The number of amides is 2. The molecule has 3 atom stereocenters. The van der Waals surface area contributed by atoms with E-state index in [0.29, 0.717) is 29.2 Å². The Morgan fingerprint density at radius 1 is 0.939 bits per heavy atom. The van der Waals surface area contributed by atoms with Crippen LogP contribution in [-0.4, -0.2) is 76.5 Å². The second kappa shape index (κ2) is 14.7. The molecular weight excluding hydrogens is 680 g/mol. The normalized spacial score (nSPS) is 24.5. The molecule has 3 aliphatic heterocycles. The lowest BCUT2D eigenvalue weighted by atomic mass is 9.99. The van der Waals surface area contributed by atoms with Gasteiger partial charge >= 0.3 is 5.97 Å². The molecule has 4 rings (SSSR count).